The molecule has 0 amide bonds. The Morgan fingerprint density at radius 1 is 0.775 bits per heavy atom. The summed E-state index contributed by atoms with van der Waals surface area (Å²) in [6, 6.07) is 17.9. The van der Waals surface area contributed by atoms with Crippen LogP contribution in [0.25, 0.3) is 0 Å². The van der Waals surface area contributed by atoms with Gasteiger partial charge in [-0.1, -0.05) is 96.6 Å². The van der Waals surface area contributed by atoms with E-state index in [1.165, 1.54) is 76.2 Å². The second-order valence-electron chi connectivity index (χ2n) is 11.8. The van der Waals surface area contributed by atoms with Gasteiger partial charge >= 0.3 is 5.97 Å². The topological polar surface area (TPSA) is 59.3 Å². The van der Waals surface area contributed by atoms with Crippen LogP contribution in [0.2, 0.25) is 0 Å². The van der Waals surface area contributed by atoms with Crippen molar-refractivity contribution in [1.82, 2.24) is 0 Å². The summed E-state index contributed by atoms with van der Waals surface area (Å²) in [5, 5.41) is 9.94. The second-order valence-corrected chi connectivity index (χ2v) is 11.8. The lowest BCUT2D eigenvalue weighted by Gasteiger charge is -2.35. The van der Waals surface area contributed by atoms with Gasteiger partial charge in [0, 0.05) is 0 Å². The molecule has 0 heterocycles. The van der Waals surface area contributed by atoms with E-state index < -0.39 is 0 Å². The summed E-state index contributed by atoms with van der Waals surface area (Å²) >= 11 is 0. The first-order chi connectivity index (χ1) is 19.6. The van der Waals surface area contributed by atoms with E-state index in [0.717, 1.165) is 44.3 Å². The zero-order valence-electron chi connectivity index (χ0n) is 25.1. The fourth-order valence-electron chi connectivity index (χ4n) is 5.90. The SMILES string of the molecule is CCCCCCCCOc1ccc(C(=O)Oc2ccc(C3CCC(C#N)(CCCCCCCC)CC3)cc2)cc1. The van der Waals surface area contributed by atoms with Crippen molar-refractivity contribution in [3.05, 3.63) is 59.7 Å². The number of carbonyl (C=O) groups is 1. The second kappa shape index (κ2) is 17.8. The van der Waals surface area contributed by atoms with Crippen LogP contribution in [0.4, 0.5) is 0 Å². The third-order valence-electron chi connectivity index (χ3n) is 8.61. The fraction of sp³-hybridized carbons (Fsp3) is 0.611. The Morgan fingerprint density at radius 3 is 1.93 bits per heavy atom. The molecule has 0 unspecified atom stereocenters. The van der Waals surface area contributed by atoms with Gasteiger partial charge in [-0.3, -0.25) is 0 Å². The Balaban J connectivity index is 1.39. The smallest absolute Gasteiger partial charge is 0.343 e. The lowest BCUT2D eigenvalue weighted by molar-refractivity contribution is 0.0734. The maximum atomic E-state index is 12.7. The minimum Gasteiger partial charge on any atom is -0.494 e. The highest BCUT2D eigenvalue weighted by Gasteiger charge is 2.35. The number of rotatable bonds is 18. The number of unbranched alkanes of at least 4 members (excludes halogenated alkanes) is 10. The molecule has 0 atom stereocenters. The Morgan fingerprint density at radius 2 is 1.32 bits per heavy atom. The van der Waals surface area contributed by atoms with Crippen molar-refractivity contribution < 1.29 is 14.3 Å². The summed E-state index contributed by atoms with van der Waals surface area (Å²) < 4.78 is 11.5. The molecule has 1 aliphatic rings. The molecule has 0 aliphatic heterocycles. The number of nitriles is 1. The summed E-state index contributed by atoms with van der Waals surface area (Å²) in [6.07, 6.45) is 20.2. The van der Waals surface area contributed by atoms with E-state index in [0.29, 0.717) is 23.8 Å². The zero-order chi connectivity index (χ0) is 28.5. The van der Waals surface area contributed by atoms with Crippen LogP contribution >= 0.6 is 0 Å². The molecule has 0 saturated heterocycles. The Labute approximate surface area is 243 Å². The number of hydrogen-bond donors (Lipinski definition) is 0. The first-order valence-corrected chi connectivity index (χ1v) is 16.1. The number of nitrogens with zero attached hydrogens (tertiary/aromatic N) is 1. The molecule has 1 fully saturated rings. The van der Waals surface area contributed by atoms with Gasteiger partial charge in [-0.05, 0) is 86.4 Å². The highest BCUT2D eigenvalue weighted by molar-refractivity contribution is 5.91. The van der Waals surface area contributed by atoms with Crippen molar-refractivity contribution in [2.45, 2.75) is 129 Å². The lowest BCUT2D eigenvalue weighted by atomic mass is 9.67. The molecule has 1 aliphatic carbocycles. The van der Waals surface area contributed by atoms with Crippen LogP contribution in [-0.2, 0) is 0 Å². The number of esters is 1. The van der Waals surface area contributed by atoms with Crippen LogP contribution in [0.3, 0.4) is 0 Å². The summed E-state index contributed by atoms with van der Waals surface area (Å²) in [5.41, 5.74) is 1.66. The van der Waals surface area contributed by atoms with Crippen molar-refractivity contribution in [1.29, 1.82) is 5.26 Å². The molecule has 40 heavy (non-hydrogen) atoms. The molecular weight excluding hydrogens is 494 g/mol. The summed E-state index contributed by atoms with van der Waals surface area (Å²) in [7, 11) is 0. The molecule has 0 aromatic heterocycles. The van der Waals surface area contributed by atoms with Crippen LogP contribution in [0.15, 0.2) is 48.5 Å². The largest absolute Gasteiger partial charge is 0.494 e. The lowest BCUT2D eigenvalue weighted by Crippen LogP contribution is -2.25. The van der Waals surface area contributed by atoms with Crippen LogP contribution in [0.1, 0.15) is 145 Å². The van der Waals surface area contributed by atoms with E-state index in [1.54, 1.807) is 12.1 Å². The Kier molecular flexibility index (Phi) is 14.1. The van der Waals surface area contributed by atoms with E-state index in [2.05, 4.69) is 32.0 Å². The van der Waals surface area contributed by atoms with E-state index in [4.69, 9.17) is 9.47 Å². The van der Waals surface area contributed by atoms with E-state index >= 15 is 0 Å². The van der Waals surface area contributed by atoms with Gasteiger partial charge in [0.25, 0.3) is 0 Å². The molecule has 0 N–H and O–H groups in total. The van der Waals surface area contributed by atoms with Crippen molar-refractivity contribution in [2.75, 3.05) is 6.61 Å². The summed E-state index contributed by atoms with van der Waals surface area (Å²) in [5.74, 6) is 1.46. The average Bonchev–Trinajstić information content (AvgIpc) is 2.99. The summed E-state index contributed by atoms with van der Waals surface area (Å²) in [6.45, 7) is 5.19. The van der Waals surface area contributed by atoms with E-state index in [9.17, 15) is 10.1 Å². The maximum absolute atomic E-state index is 12.7. The van der Waals surface area contributed by atoms with Crippen molar-refractivity contribution in [3.63, 3.8) is 0 Å². The molecule has 2 aromatic carbocycles. The van der Waals surface area contributed by atoms with Crippen molar-refractivity contribution in [3.8, 4) is 17.6 Å². The van der Waals surface area contributed by atoms with Gasteiger partial charge in [0.2, 0.25) is 0 Å². The van der Waals surface area contributed by atoms with Gasteiger partial charge in [-0.15, -0.1) is 0 Å². The molecule has 1 saturated carbocycles. The molecule has 0 spiro atoms. The quantitative estimate of drug-likeness (QED) is 0.106. The monoisotopic (exact) mass is 545 g/mol. The van der Waals surface area contributed by atoms with Gasteiger partial charge in [-0.2, -0.15) is 5.26 Å². The normalized spacial score (nSPS) is 18.7. The van der Waals surface area contributed by atoms with Crippen molar-refractivity contribution >= 4 is 5.97 Å². The molecule has 0 radical (unpaired) electrons. The average molecular weight is 546 g/mol. The minimum atomic E-state index is -0.360. The third kappa shape index (κ3) is 10.6. The molecule has 2 aromatic rings. The van der Waals surface area contributed by atoms with Gasteiger partial charge in [-0.25, -0.2) is 4.79 Å². The third-order valence-corrected chi connectivity index (χ3v) is 8.61. The standard InChI is InChI=1S/C36H51NO3/c1-3-5-7-9-11-13-25-36(29-37)26-23-31(24-27-36)30-15-21-34(22-16-30)40-35(38)32-17-19-33(20-18-32)39-28-14-12-10-8-6-4-2/h15-22,31H,3-14,23-28H2,1-2H3. The van der Waals surface area contributed by atoms with Crippen LogP contribution in [0.5, 0.6) is 11.5 Å². The number of carbonyl (C=O) groups excluding carboxylic acids is 1. The van der Waals surface area contributed by atoms with Crippen LogP contribution < -0.4 is 9.47 Å². The highest BCUT2D eigenvalue weighted by atomic mass is 16.5. The van der Waals surface area contributed by atoms with Gasteiger partial charge in [0.05, 0.1) is 23.7 Å². The van der Waals surface area contributed by atoms with Crippen molar-refractivity contribution in [2.24, 2.45) is 5.41 Å². The Hall–Kier alpha value is -2.80. The van der Waals surface area contributed by atoms with Crippen LogP contribution in [0, 0.1) is 16.7 Å². The molecule has 0 bridgehead atoms. The van der Waals surface area contributed by atoms with Gasteiger partial charge in [0.15, 0.2) is 0 Å². The maximum Gasteiger partial charge on any atom is 0.343 e. The zero-order valence-corrected chi connectivity index (χ0v) is 25.1. The molecule has 4 heteroatoms. The molecule has 3 rings (SSSR count). The number of hydrogen-bond acceptors (Lipinski definition) is 4. The first-order valence-electron chi connectivity index (χ1n) is 16.1. The fourth-order valence-corrected chi connectivity index (χ4v) is 5.90. The predicted molar refractivity (Wildman–Crippen MR) is 164 cm³/mol. The van der Waals surface area contributed by atoms with Gasteiger partial charge < -0.3 is 9.47 Å². The minimum absolute atomic E-state index is 0.133. The molecule has 4 nitrogen and oxygen atoms in total. The highest BCUT2D eigenvalue weighted by Crippen LogP contribution is 2.45. The number of ether oxygens (including phenoxy) is 2. The number of benzene rings is 2. The van der Waals surface area contributed by atoms with E-state index in [-0.39, 0.29) is 11.4 Å². The Bertz CT molecular complexity index is 1010. The van der Waals surface area contributed by atoms with Gasteiger partial charge in [0.1, 0.15) is 11.5 Å². The predicted octanol–water partition coefficient (Wildman–Crippen LogP) is 10.6. The van der Waals surface area contributed by atoms with Crippen LogP contribution in [-0.4, -0.2) is 12.6 Å². The first kappa shape index (κ1) is 31.7. The summed E-state index contributed by atoms with van der Waals surface area (Å²) in [4.78, 5) is 12.7. The van der Waals surface area contributed by atoms with E-state index in [1.807, 2.05) is 24.3 Å². The molecule has 218 valence electrons. The molecular formula is C36H51NO3.